The van der Waals surface area contributed by atoms with Crippen molar-refractivity contribution in [2.45, 2.75) is 25.4 Å². The summed E-state index contributed by atoms with van der Waals surface area (Å²) >= 11 is 0. The molecule has 0 spiro atoms. The molecule has 2 saturated heterocycles. The Bertz CT molecular complexity index is 891. The average Bonchev–Trinajstić information content (AvgIpc) is 3.36. The van der Waals surface area contributed by atoms with Gasteiger partial charge in [-0.05, 0) is 31.0 Å². The minimum absolute atomic E-state index is 0.0768. The second kappa shape index (κ2) is 7.38. The zero-order chi connectivity index (χ0) is 18.8. The van der Waals surface area contributed by atoms with Gasteiger partial charge in [-0.15, -0.1) is 0 Å². The first kappa shape index (κ1) is 17.5. The fourth-order valence-electron chi connectivity index (χ4n) is 3.61. The molecule has 2 aromatic rings. The van der Waals surface area contributed by atoms with E-state index in [1.165, 1.54) is 36.7 Å². The van der Waals surface area contributed by atoms with Crippen LogP contribution >= 0.6 is 0 Å². The molecule has 0 N–H and O–H groups in total. The SMILES string of the molecule is Cn1nc(C(=O)N2CC[C@@H](Oc3cccnc3N3CCCC3)C2)ccc1=O. The standard InChI is InChI=1S/C19H23N5O3/c1-22-17(25)7-6-15(21-22)19(26)24-12-8-14(13-24)27-16-5-4-9-20-18(16)23-10-2-3-11-23/h4-7,9,14H,2-3,8,10-13H2,1H3/t14-/m1/s1. The van der Waals surface area contributed by atoms with E-state index in [1.54, 1.807) is 11.1 Å². The van der Waals surface area contributed by atoms with Gasteiger partial charge in [-0.25, -0.2) is 9.67 Å². The zero-order valence-corrected chi connectivity index (χ0v) is 15.4. The molecule has 0 bridgehead atoms. The van der Waals surface area contributed by atoms with Gasteiger partial charge in [0.05, 0.1) is 6.54 Å². The third-order valence-corrected chi connectivity index (χ3v) is 5.06. The van der Waals surface area contributed by atoms with Crippen LogP contribution < -0.4 is 15.2 Å². The number of carbonyl (C=O) groups excluding carboxylic acids is 1. The number of hydrogen-bond donors (Lipinski definition) is 0. The summed E-state index contributed by atoms with van der Waals surface area (Å²) in [5.41, 5.74) is 0.0390. The number of likely N-dealkylation sites (tertiary alicyclic amines) is 1. The van der Waals surface area contributed by atoms with E-state index in [-0.39, 0.29) is 23.3 Å². The van der Waals surface area contributed by atoms with Crippen molar-refractivity contribution in [3.8, 4) is 5.75 Å². The third kappa shape index (κ3) is 3.65. The first-order valence-corrected chi connectivity index (χ1v) is 9.32. The molecule has 8 nitrogen and oxygen atoms in total. The molecule has 2 aliphatic heterocycles. The smallest absolute Gasteiger partial charge is 0.274 e. The van der Waals surface area contributed by atoms with Crippen LogP contribution in [0.5, 0.6) is 5.75 Å². The minimum Gasteiger partial charge on any atom is -0.485 e. The maximum Gasteiger partial charge on any atom is 0.274 e. The zero-order valence-electron chi connectivity index (χ0n) is 15.4. The monoisotopic (exact) mass is 369 g/mol. The normalized spacial score (nSPS) is 19.5. The largest absolute Gasteiger partial charge is 0.485 e. The fourth-order valence-corrected chi connectivity index (χ4v) is 3.61. The summed E-state index contributed by atoms with van der Waals surface area (Å²) in [7, 11) is 1.54. The van der Waals surface area contributed by atoms with Crippen LogP contribution in [0.15, 0.2) is 35.3 Å². The van der Waals surface area contributed by atoms with Crippen LogP contribution in [-0.4, -0.2) is 57.9 Å². The highest BCUT2D eigenvalue weighted by Crippen LogP contribution is 2.30. The molecule has 0 radical (unpaired) electrons. The highest BCUT2D eigenvalue weighted by atomic mass is 16.5. The van der Waals surface area contributed by atoms with Crippen LogP contribution in [0.2, 0.25) is 0 Å². The van der Waals surface area contributed by atoms with E-state index < -0.39 is 0 Å². The van der Waals surface area contributed by atoms with Crippen molar-refractivity contribution in [1.29, 1.82) is 0 Å². The van der Waals surface area contributed by atoms with E-state index in [0.717, 1.165) is 31.1 Å². The summed E-state index contributed by atoms with van der Waals surface area (Å²) < 4.78 is 7.38. The maximum absolute atomic E-state index is 12.7. The molecule has 4 rings (SSSR count). The second-order valence-corrected chi connectivity index (χ2v) is 6.98. The number of aromatic nitrogens is 3. The molecule has 27 heavy (non-hydrogen) atoms. The highest BCUT2D eigenvalue weighted by molar-refractivity contribution is 5.92. The van der Waals surface area contributed by atoms with Gasteiger partial charge in [0.15, 0.2) is 11.6 Å². The number of rotatable bonds is 4. The summed E-state index contributed by atoms with van der Waals surface area (Å²) in [6, 6.07) is 6.66. The molecule has 0 saturated carbocycles. The molecule has 2 aliphatic rings. The summed E-state index contributed by atoms with van der Waals surface area (Å²) in [6.45, 7) is 3.10. The third-order valence-electron chi connectivity index (χ3n) is 5.06. The van der Waals surface area contributed by atoms with Gasteiger partial charge in [0, 0.05) is 45.4 Å². The molecular formula is C19H23N5O3. The van der Waals surface area contributed by atoms with E-state index in [2.05, 4.69) is 15.0 Å². The van der Waals surface area contributed by atoms with Crippen LogP contribution in [0.4, 0.5) is 5.82 Å². The topological polar surface area (TPSA) is 80.6 Å². The molecular weight excluding hydrogens is 346 g/mol. The predicted molar refractivity (Wildman–Crippen MR) is 100 cm³/mol. The lowest BCUT2D eigenvalue weighted by molar-refractivity contribution is 0.0764. The van der Waals surface area contributed by atoms with Crippen molar-refractivity contribution in [2.24, 2.45) is 7.05 Å². The van der Waals surface area contributed by atoms with Gasteiger partial charge in [-0.1, -0.05) is 0 Å². The Balaban J connectivity index is 1.44. The van der Waals surface area contributed by atoms with Crippen molar-refractivity contribution < 1.29 is 9.53 Å². The van der Waals surface area contributed by atoms with Crippen LogP contribution in [0.3, 0.4) is 0 Å². The summed E-state index contributed by atoms with van der Waals surface area (Å²) in [6.07, 6.45) is 4.82. The minimum atomic E-state index is -0.236. The number of hydrogen-bond acceptors (Lipinski definition) is 6. The Labute approximate surface area is 157 Å². The number of amides is 1. The van der Waals surface area contributed by atoms with Gasteiger partial charge >= 0.3 is 0 Å². The van der Waals surface area contributed by atoms with Gasteiger partial charge in [0.2, 0.25) is 0 Å². The maximum atomic E-state index is 12.7. The van der Waals surface area contributed by atoms with E-state index in [1.807, 2.05) is 12.1 Å². The Morgan fingerprint density at radius 3 is 2.78 bits per heavy atom. The molecule has 142 valence electrons. The van der Waals surface area contributed by atoms with Crippen molar-refractivity contribution >= 4 is 11.7 Å². The molecule has 8 heteroatoms. The number of aryl methyl sites for hydroxylation is 1. The van der Waals surface area contributed by atoms with E-state index in [9.17, 15) is 9.59 Å². The van der Waals surface area contributed by atoms with Crippen molar-refractivity contribution in [3.63, 3.8) is 0 Å². The van der Waals surface area contributed by atoms with Gasteiger partial charge in [-0.3, -0.25) is 9.59 Å². The lowest BCUT2D eigenvalue weighted by Crippen LogP contribution is -2.33. The predicted octanol–water partition coefficient (Wildman–Crippen LogP) is 1.07. The molecule has 0 aromatic carbocycles. The Morgan fingerprint density at radius 2 is 2.00 bits per heavy atom. The fraction of sp³-hybridized carbons (Fsp3) is 0.474. The molecule has 2 aromatic heterocycles. The number of carbonyl (C=O) groups is 1. The lowest BCUT2D eigenvalue weighted by atomic mass is 10.3. The van der Waals surface area contributed by atoms with Gasteiger partial charge in [0.1, 0.15) is 11.8 Å². The molecule has 0 unspecified atom stereocenters. The quantitative estimate of drug-likeness (QED) is 0.802. The van der Waals surface area contributed by atoms with Crippen molar-refractivity contribution in [2.75, 3.05) is 31.1 Å². The average molecular weight is 369 g/mol. The molecule has 1 amide bonds. The first-order valence-electron chi connectivity index (χ1n) is 9.32. The van der Waals surface area contributed by atoms with Crippen LogP contribution in [-0.2, 0) is 7.05 Å². The Morgan fingerprint density at radius 1 is 1.19 bits per heavy atom. The molecule has 4 heterocycles. The van der Waals surface area contributed by atoms with Crippen LogP contribution in [0, 0.1) is 0 Å². The van der Waals surface area contributed by atoms with Crippen molar-refractivity contribution in [1.82, 2.24) is 19.7 Å². The number of ether oxygens (including phenoxy) is 1. The van der Waals surface area contributed by atoms with Gasteiger partial charge in [0.25, 0.3) is 11.5 Å². The van der Waals surface area contributed by atoms with Gasteiger partial charge < -0.3 is 14.5 Å². The van der Waals surface area contributed by atoms with Crippen molar-refractivity contribution in [3.05, 3.63) is 46.5 Å². The number of nitrogens with zero attached hydrogens (tertiary/aromatic N) is 5. The van der Waals surface area contributed by atoms with E-state index >= 15 is 0 Å². The molecule has 1 atom stereocenters. The Kier molecular flexibility index (Phi) is 4.79. The summed E-state index contributed by atoms with van der Waals surface area (Å²) in [5.74, 6) is 1.49. The second-order valence-electron chi connectivity index (χ2n) is 6.98. The number of anilines is 1. The molecule has 0 aliphatic carbocycles. The summed E-state index contributed by atoms with van der Waals surface area (Å²) in [5, 5.41) is 4.05. The summed E-state index contributed by atoms with van der Waals surface area (Å²) in [4.78, 5) is 32.6. The van der Waals surface area contributed by atoms with Crippen LogP contribution in [0.25, 0.3) is 0 Å². The Hall–Kier alpha value is -2.90. The molecule has 2 fully saturated rings. The lowest BCUT2D eigenvalue weighted by Gasteiger charge is -2.22. The van der Waals surface area contributed by atoms with Crippen LogP contribution in [0.1, 0.15) is 29.8 Å². The number of pyridine rings is 1. The van der Waals surface area contributed by atoms with E-state index in [4.69, 9.17) is 4.74 Å². The highest BCUT2D eigenvalue weighted by Gasteiger charge is 2.30. The van der Waals surface area contributed by atoms with E-state index in [0.29, 0.717) is 13.1 Å². The van der Waals surface area contributed by atoms with Gasteiger partial charge in [-0.2, -0.15) is 5.10 Å². The first-order chi connectivity index (χ1) is 13.1.